The van der Waals surface area contributed by atoms with Gasteiger partial charge in [0.25, 0.3) is 0 Å². The van der Waals surface area contributed by atoms with Crippen LogP contribution < -0.4 is 5.32 Å². The smallest absolute Gasteiger partial charge is 0.136 e. The van der Waals surface area contributed by atoms with E-state index in [1.54, 1.807) is 6.07 Å². The van der Waals surface area contributed by atoms with Gasteiger partial charge in [0.05, 0.1) is 10.2 Å². The quantitative estimate of drug-likeness (QED) is 0.628. The Bertz CT molecular complexity index is 772. The summed E-state index contributed by atoms with van der Waals surface area (Å²) in [6.45, 7) is 0.482. The molecule has 20 heavy (non-hydrogen) atoms. The number of halogens is 2. The van der Waals surface area contributed by atoms with Crippen LogP contribution in [0.4, 0.5) is 5.69 Å². The summed E-state index contributed by atoms with van der Waals surface area (Å²) >= 11 is 6.73. The van der Waals surface area contributed by atoms with Crippen LogP contribution in [-0.4, -0.2) is 20.5 Å². The van der Waals surface area contributed by atoms with Crippen molar-refractivity contribution in [1.82, 2.24) is 15.4 Å². The van der Waals surface area contributed by atoms with Gasteiger partial charge in [-0.2, -0.15) is 15.4 Å². The zero-order valence-electron chi connectivity index (χ0n) is 10.2. The van der Waals surface area contributed by atoms with Crippen LogP contribution in [0.5, 0.6) is 5.75 Å². The topological polar surface area (TPSA) is 73.8 Å². The van der Waals surface area contributed by atoms with Crippen LogP contribution >= 0.6 is 31.9 Å². The first-order chi connectivity index (χ1) is 9.65. The van der Waals surface area contributed by atoms with Gasteiger partial charge in [-0.15, -0.1) is 0 Å². The molecule has 102 valence electrons. The SMILES string of the molecule is Oc1c(Br)cc(Br)cc1CNc1cccc2n[nH]nc12. The molecular formula is C13H10Br2N4O. The van der Waals surface area contributed by atoms with Crippen molar-refractivity contribution >= 4 is 48.6 Å². The Kier molecular flexibility index (Phi) is 3.62. The average Bonchev–Trinajstić information content (AvgIpc) is 2.90. The molecule has 7 heteroatoms. The molecular weight excluding hydrogens is 388 g/mol. The summed E-state index contributed by atoms with van der Waals surface area (Å²) in [4.78, 5) is 0. The zero-order valence-corrected chi connectivity index (χ0v) is 13.4. The Morgan fingerprint density at radius 2 is 2.05 bits per heavy atom. The molecule has 0 aliphatic heterocycles. The first-order valence-corrected chi connectivity index (χ1v) is 7.44. The normalized spacial score (nSPS) is 10.9. The Morgan fingerprint density at radius 3 is 2.90 bits per heavy atom. The summed E-state index contributed by atoms with van der Waals surface area (Å²) in [6.07, 6.45) is 0. The summed E-state index contributed by atoms with van der Waals surface area (Å²) in [5.74, 6) is 0.230. The fourth-order valence-electron chi connectivity index (χ4n) is 1.96. The van der Waals surface area contributed by atoms with E-state index in [0.29, 0.717) is 11.0 Å². The Balaban J connectivity index is 1.88. The van der Waals surface area contributed by atoms with Crippen LogP contribution in [0.1, 0.15) is 5.56 Å². The number of fused-ring (bicyclic) bond motifs is 1. The lowest BCUT2D eigenvalue weighted by molar-refractivity contribution is 0.465. The molecule has 0 unspecified atom stereocenters. The number of phenols is 1. The number of anilines is 1. The molecule has 0 saturated heterocycles. The van der Waals surface area contributed by atoms with Gasteiger partial charge in [0.15, 0.2) is 0 Å². The number of nitrogens with one attached hydrogen (secondary N) is 2. The van der Waals surface area contributed by atoms with Crippen LogP contribution in [0.3, 0.4) is 0 Å². The van der Waals surface area contributed by atoms with Crippen LogP contribution in [-0.2, 0) is 6.54 Å². The van der Waals surface area contributed by atoms with E-state index >= 15 is 0 Å². The van der Waals surface area contributed by atoms with Gasteiger partial charge < -0.3 is 10.4 Å². The van der Waals surface area contributed by atoms with Crippen molar-refractivity contribution < 1.29 is 5.11 Å². The lowest BCUT2D eigenvalue weighted by Crippen LogP contribution is -2.00. The van der Waals surface area contributed by atoms with E-state index in [2.05, 4.69) is 52.6 Å². The Hall–Kier alpha value is -1.60. The summed E-state index contributed by atoms with van der Waals surface area (Å²) in [5, 5.41) is 24.0. The molecule has 0 bridgehead atoms. The zero-order chi connectivity index (χ0) is 14.1. The molecule has 0 amide bonds. The number of H-pyrrole nitrogens is 1. The number of aromatic amines is 1. The molecule has 1 aromatic heterocycles. The van der Waals surface area contributed by atoms with Gasteiger partial charge in [-0.1, -0.05) is 22.0 Å². The standard InChI is InChI=1S/C13H10Br2N4O/c14-8-4-7(13(20)9(15)5-8)6-16-10-2-1-3-11-12(10)18-19-17-11/h1-5,16,20H,6H2,(H,17,18,19). The molecule has 0 aliphatic rings. The highest BCUT2D eigenvalue weighted by molar-refractivity contribution is 9.11. The van der Waals surface area contributed by atoms with E-state index in [1.807, 2.05) is 24.3 Å². The van der Waals surface area contributed by atoms with Crippen molar-refractivity contribution in [3.63, 3.8) is 0 Å². The summed E-state index contributed by atoms with van der Waals surface area (Å²) < 4.78 is 1.56. The van der Waals surface area contributed by atoms with E-state index in [-0.39, 0.29) is 5.75 Å². The number of aromatic nitrogens is 3. The molecule has 3 rings (SSSR count). The minimum atomic E-state index is 0.230. The van der Waals surface area contributed by atoms with Crippen LogP contribution in [0.2, 0.25) is 0 Å². The molecule has 0 aliphatic carbocycles. The van der Waals surface area contributed by atoms with E-state index < -0.39 is 0 Å². The first-order valence-electron chi connectivity index (χ1n) is 5.85. The number of para-hydroxylation sites is 1. The van der Waals surface area contributed by atoms with Crippen LogP contribution in [0.15, 0.2) is 39.3 Å². The Labute approximate surface area is 131 Å². The maximum Gasteiger partial charge on any atom is 0.136 e. The largest absolute Gasteiger partial charge is 0.506 e. The lowest BCUT2D eigenvalue weighted by Gasteiger charge is -2.10. The lowest BCUT2D eigenvalue weighted by atomic mass is 10.2. The molecule has 3 N–H and O–H groups in total. The van der Waals surface area contributed by atoms with Crippen molar-refractivity contribution in [3.8, 4) is 5.75 Å². The fraction of sp³-hybridized carbons (Fsp3) is 0.0769. The van der Waals surface area contributed by atoms with E-state index in [1.165, 1.54) is 0 Å². The minimum absolute atomic E-state index is 0.230. The van der Waals surface area contributed by atoms with Gasteiger partial charge in [-0.25, -0.2) is 0 Å². The van der Waals surface area contributed by atoms with E-state index in [4.69, 9.17) is 0 Å². The van der Waals surface area contributed by atoms with E-state index in [9.17, 15) is 5.11 Å². The van der Waals surface area contributed by atoms with Crippen LogP contribution in [0, 0.1) is 0 Å². The third-order valence-electron chi connectivity index (χ3n) is 2.92. The second-order valence-corrected chi connectivity index (χ2v) is 6.02. The van der Waals surface area contributed by atoms with Gasteiger partial charge in [0.2, 0.25) is 0 Å². The number of benzene rings is 2. The van der Waals surface area contributed by atoms with Crippen molar-refractivity contribution in [1.29, 1.82) is 0 Å². The molecule has 0 atom stereocenters. The predicted molar refractivity (Wildman–Crippen MR) is 84.7 cm³/mol. The Morgan fingerprint density at radius 1 is 1.20 bits per heavy atom. The summed E-state index contributed by atoms with van der Waals surface area (Å²) in [6, 6.07) is 9.39. The van der Waals surface area contributed by atoms with Crippen molar-refractivity contribution in [2.75, 3.05) is 5.32 Å². The average molecular weight is 398 g/mol. The number of rotatable bonds is 3. The maximum atomic E-state index is 10.0. The number of hydrogen-bond donors (Lipinski definition) is 3. The van der Waals surface area contributed by atoms with Gasteiger partial charge in [-0.05, 0) is 40.2 Å². The maximum absolute atomic E-state index is 10.0. The van der Waals surface area contributed by atoms with Gasteiger partial charge >= 0.3 is 0 Å². The molecule has 5 nitrogen and oxygen atoms in total. The number of nitrogens with zero attached hydrogens (tertiary/aromatic N) is 2. The highest BCUT2D eigenvalue weighted by atomic mass is 79.9. The van der Waals surface area contributed by atoms with Crippen molar-refractivity contribution in [3.05, 3.63) is 44.8 Å². The molecule has 3 aromatic rings. The van der Waals surface area contributed by atoms with Gasteiger partial charge in [0, 0.05) is 16.6 Å². The number of hydrogen-bond acceptors (Lipinski definition) is 4. The molecule has 0 spiro atoms. The second kappa shape index (κ2) is 5.41. The highest BCUT2D eigenvalue weighted by Crippen LogP contribution is 2.32. The van der Waals surface area contributed by atoms with Gasteiger partial charge in [-0.3, -0.25) is 0 Å². The van der Waals surface area contributed by atoms with Crippen molar-refractivity contribution in [2.45, 2.75) is 6.54 Å². The second-order valence-electron chi connectivity index (χ2n) is 4.25. The number of aromatic hydroxyl groups is 1. The molecule has 0 saturated carbocycles. The highest BCUT2D eigenvalue weighted by Gasteiger charge is 2.09. The summed E-state index contributed by atoms with van der Waals surface area (Å²) in [7, 11) is 0. The predicted octanol–water partition coefficient (Wildman–Crippen LogP) is 3.80. The minimum Gasteiger partial charge on any atom is -0.506 e. The van der Waals surface area contributed by atoms with E-state index in [0.717, 1.165) is 26.8 Å². The molecule has 1 heterocycles. The van der Waals surface area contributed by atoms with Gasteiger partial charge in [0.1, 0.15) is 16.8 Å². The van der Waals surface area contributed by atoms with Crippen LogP contribution in [0.25, 0.3) is 11.0 Å². The monoisotopic (exact) mass is 396 g/mol. The van der Waals surface area contributed by atoms with Crippen molar-refractivity contribution in [2.24, 2.45) is 0 Å². The summed E-state index contributed by atoms with van der Waals surface area (Å²) in [5.41, 5.74) is 3.23. The third kappa shape index (κ3) is 2.51. The fourth-order valence-corrected chi connectivity index (χ4v) is 3.27. The third-order valence-corrected chi connectivity index (χ3v) is 3.99. The molecule has 2 aromatic carbocycles. The first kappa shape index (κ1) is 13.4. The molecule has 0 radical (unpaired) electrons. The number of phenolic OH excluding ortho intramolecular Hbond substituents is 1. The molecule has 0 fully saturated rings.